The van der Waals surface area contributed by atoms with Crippen molar-refractivity contribution in [2.75, 3.05) is 0 Å². The Morgan fingerprint density at radius 2 is 2.20 bits per heavy atom. The molecule has 5 heteroatoms. The maximum absolute atomic E-state index is 11.5. The molecule has 15 heavy (non-hydrogen) atoms. The number of carboxylic acid groups (broad SMARTS) is 1. The zero-order chi connectivity index (χ0) is 11.0. The lowest BCUT2D eigenvalue weighted by Crippen LogP contribution is -2.15. The van der Waals surface area contributed by atoms with E-state index in [9.17, 15) is 9.59 Å². The standard InChI is InChI=1S/C10H8N2O3/c1-6-4-9(13)12-5-7(10(14)15)2-3-8(12)11-6/h2-5H,1H3,(H,14,15). The van der Waals surface area contributed by atoms with Crippen molar-refractivity contribution in [1.29, 1.82) is 0 Å². The quantitative estimate of drug-likeness (QED) is 0.742. The highest BCUT2D eigenvalue weighted by Gasteiger charge is 2.05. The lowest BCUT2D eigenvalue weighted by atomic mass is 10.3. The van der Waals surface area contributed by atoms with Crippen LogP contribution in [0.4, 0.5) is 0 Å². The van der Waals surface area contributed by atoms with Gasteiger partial charge in [-0.1, -0.05) is 0 Å². The molecule has 1 N–H and O–H groups in total. The first-order valence-corrected chi connectivity index (χ1v) is 4.31. The van der Waals surface area contributed by atoms with Gasteiger partial charge in [0.1, 0.15) is 5.65 Å². The highest BCUT2D eigenvalue weighted by atomic mass is 16.4. The van der Waals surface area contributed by atoms with Crippen molar-refractivity contribution in [3.63, 3.8) is 0 Å². The monoisotopic (exact) mass is 204 g/mol. The molecule has 0 aliphatic heterocycles. The SMILES string of the molecule is Cc1cc(=O)n2cc(C(=O)O)ccc2n1. The molecule has 2 rings (SSSR count). The number of aromatic carboxylic acids is 1. The van der Waals surface area contributed by atoms with Crippen LogP contribution in [0.15, 0.2) is 29.2 Å². The number of pyridine rings is 1. The Balaban J connectivity index is 2.83. The van der Waals surface area contributed by atoms with Gasteiger partial charge >= 0.3 is 5.97 Å². The molecule has 0 aliphatic carbocycles. The van der Waals surface area contributed by atoms with E-state index in [1.54, 1.807) is 6.92 Å². The zero-order valence-electron chi connectivity index (χ0n) is 7.97. The maximum Gasteiger partial charge on any atom is 0.337 e. The number of aromatic nitrogens is 2. The molecule has 0 fully saturated rings. The first-order chi connectivity index (χ1) is 7.08. The van der Waals surface area contributed by atoms with Gasteiger partial charge in [0.2, 0.25) is 0 Å². The topological polar surface area (TPSA) is 71.7 Å². The highest BCUT2D eigenvalue weighted by Crippen LogP contribution is 2.02. The van der Waals surface area contributed by atoms with Crippen molar-refractivity contribution in [3.05, 3.63) is 46.0 Å². The summed E-state index contributed by atoms with van der Waals surface area (Å²) < 4.78 is 1.22. The summed E-state index contributed by atoms with van der Waals surface area (Å²) in [6.45, 7) is 1.71. The van der Waals surface area contributed by atoms with Crippen LogP contribution in [0.2, 0.25) is 0 Å². The average molecular weight is 204 g/mol. The summed E-state index contributed by atoms with van der Waals surface area (Å²) in [6, 6.07) is 4.29. The van der Waals surface area contributed by atoms with Gasteiger partial charge in [-0.15, -0.1) is 0 Å². The molecular formula is C10H8N2O3. The third-order valence-corrected chi connectivity index (χ3v) is 2.03. The molecule has 0 saturated heterocycles. The van der Waals surface area contributed by atoms with Gasteiger partial charge in [-0.05, 0) is 19.1 Å². The zero-order valence-corrected chi connectivity index (χ0v) is 7.97. The number of hydrogen-bond donors (Lipinski definition) is 1. The molecule has 0 radical (unpaired) electrons. The summed E-state index contributed by atoms with van der Waals surface area (Å²) in [5.74, 6) is -1.07. The van der Waals surface area contributed by atoms with Gasteiger partial charge in [-0.3, -0.25) is 9.20 Å². The average Bonchev–Trinajstić information content (AvgIpc) is 2.16. The third-order valence-electron chi connectivity index (χ3n) is 2.03. The Bertz CT molecular complexity index is 601. The molecule has 76 valence electrons. The Morgan fingerprint density at radius 1 is 1.47 bits per heavy atom. The van der Waals surface area contributed by atoms with E-state index >= 15 is 0 Å². The predicted octanol–water partition coefficient (Wildman–Crippen LogP) is 0.701. The minimum atomic E-state index is -1.07. The number of nitrogens with zero attached hydrogens (tertiary/aromatic N) is 2. The molecule has 0 bridgehead atoms. The van der Waals surface area contributed by atoms with E-state index in [2.05, 4.69) is 4.98 Å². The van der Waals surface area contributed by atoms with E-state index in [-0.39, 0.29) is 11.1 Å². The number of rotatable bonds is 1. The summed E-state index contributed by atoms with van der Waals surface area (Å²) in [7, 11) is 0. The molecule has 0 saturated carbocycles. The van der Waals surface area contributed by atoms with Gasteiger partial charge in [0.15, 0.2) is 0 Å². The van der Waals surface area contributed by atoms with Gasteiger partial charge < -0.3 is 5.11 Å². The number of fused-ring (bicyclic) bond motifs is 1. The van der Waals surface area contributed by atoms with Crippen LogP contribution < -0.4 is 5.56 Å². The third kappa shape index (κ3) is 1.59. The fourth-order valence-corrected chi connectivity index (χ4v) is 1.35. The lowest BCUT2D eigenvalue weighted by Gasteiger charge is -2.01. The van der Waals surface area contributed by atoms with Gasteiger partial charge in [0, 0.05) is 18.0 Å². The number of carbonyl (C=O) groups is 1. The van der Waals surface area contributed by atoms with Gasteiger partial charge in [-0.2, -0.15) is 0 Å². The fraction of sp³-hybridized carbons (Fsp3) is 0.100. The number of carboxylic acids is 1. The Hall–Kier alpha value is -2.17. The van der Waals surface area contributed by atoms with Gasteiger partial charge in [0.25, 0.3) is 5.56 Å². The summed E-state index contributed by atoms with van der Waals surface area (Å²) >= 11 is 0. The second-order valence-electron chi connectivity index (χ2n) is 3.19. The van der Waals surface area contributed by atoms with Crippen molar-refractivity contribution in [3.8, 4) is 0 Å². The van der Waals surface area contributed by atoms with E-state index in [1.807, 2.05) is 0 Å². The summed E-state index contributed by atoms with van der Waals surface area (Å²) in [4.78, 5) is 26.3. The molecular weight excluding hydrogens is 196 g/mol. The molecule has 5 nitrogen and oxygen atoms in total. The first-order valence-electron chi connectivity index (χ1n) is 4.31. The second kappa shape index (κ2) is 3.20. The van der Waals surface area contributed by atoms with Crippen LogP contribution in [0.5, 0.6) is 0 Å². The molecule has 0 aromatic carbocycles. The molecule has 0 spiro atoms. The smallest absolute Gasteiger partial charge is 0.337 e. The van der Waals surface area contributed by atoms with Gasteiger partial charge in [-0.25, -0.2) is 9.78 Å². The predicted molar refractivity (Wildman–Crippen MR) is 53.2 cm³/mol. The van der Waals surface area contributed by atoms with E-state index in [4.69, 9.17) is 5.11 Å². The van der Waals surface area contributed by atoms with E-state index in [0.29, 0.717) is 11.3 Å². The molecule has 2 aromatic heterocycles. The van der Waals surface area contributed by atoms with E-state index < -0.39 is 5.97 Å². The fourth-order valence-electron chi connectivity index (χ4n) is 1.35. The Kier molecular flexibility index (Phi) is 2.00. The largest absolute Gasteiger partial charge is 0.478 e. The summed E-state index contributed by atoms with van der Waals surface area (Å²) in [5.41, 5.74) is 0.851. The molecule has 0 atom stereocenters. The minimum Gasteiger partial charge on any atom is -0.478 e. The van der Waals surface area contributed by atoms with Crippen LogP contribution in [-0.2, 0) is 0 Å². The molecule has 0 aliphatic rings. The number of aryl methyl sites for hydroxylation is 1. The minimum absolute atomic E-state index is 0.0650. The van der Waals surface area contributed by atoms with Crippen molar-refractivity contribution in [1.82, 2.24) is 9.38 Å². The molecule has 2 heterocycles. The van der Waals surface area contributed by atoms with Crippen LogP contribution in [0.25, 0.3) is 5.65 Å². The van der Waals surface area contributed by atoms with Gasteiger partial charge in [0.05, 0.1) is 5.56 Å². The van der Waals surface area contributed by atoms with Crippen LogP contribution in [0, 0.1) is 6.92 Å². The van der Waals surface area contributed by atoms with Crippen LogP contribution in [0.1, 0.15) is 16.1 Å². The number of hydrogen-bond acceptors (Lipinski definition) is 3. The van der Waals surface area contributed by atoms with Crippen LogP contribution >= 0.6 is 0 Å². The Labute approximate surface area is 84.6 Å². The maximum atomic E-state index is 11.5. The van der Waals surface area contributed by atoms with E-state index in [1.165, 1.54) is 28.8 Å². The first kappa shape index (κ1) is 9.39. The van der Waals surface area contributed by atoms with Crippen molar-refractivity contribution < 1.29 is 9.90 Å². The summed E-state index contributed by atoms with van der Waals surface area (Å²) in [5, 5.41) is 8.75. The molecule has 0 amide bonds. The van der Waals surface area contributed by atoms with Crippen LogP contribution in [0.3, 0.4) is 0 Å². The normalized spacial score (nSPS) is 10.5. The molecule has 2 aromatic rings. The molecule has 0 unspecified atom stereocenters. The van der Waals surface area contributed by atoms with Crippen molar-refractivity contribution in [2.24, 2.45) is 0 Å². The lowest BCUT2D eigenvalue weighted by molar-refractivity contribution is 0.0696. The van der Waals surface area contributed by atoms with Crippen molar-refractivity contribution in [2.45, 2.75) is 6.92 Å². The summed E-state index contributed by atoms with van der Waals surface area (Å²) in [6.07, 6.45) is 1.27. The van der Waals surface area contributed by atoms with E-state index in [0.717, 1.165) is 0 Å². The van der Waals surface area contributed by atoms with Crippen molar-refractivity contribution >= 4 is 11.6 Å². The van der Waals surface area contributed by atoms with Crippen LogP contribution in [-0.4, -0.2) is 20.5 Å². The Morgan fingerprint density at radius 3 is 2.87 bits per heavy atom. The second-order valence-corrected chi connectivity index (χ2v) is 3.19. The highest BCUT2D eigenvalue weighted by molar-refractivity contribution is 5.87.